The van der Waals surface area contributed by atoms with Crippen LogP contribution in [0.2, 0.25) is 0 Å². The fourth-order valence-corrected chi connectivity index (χ4v) is 3.85. The van der Waals surface area contributed by atoms with Crippen LogP contribution in [0.25, 0.3) is 0 Å². The van der Waals surface area contributed by atoms with Crippen LogP contribution in [0.1, 0.15) is 29.3 Å². The van der Waals surface area contributed by atoms with Crippen molar-refractivity contribution in [1.82, 2.24) is 0 Å². The molecule has 6 heteroatoms. The molecule has 0 fully saturated rings. The highest BCUT2D eigenvalue weighted by Crippen LogP contribution is 2.30. The van der Waals surface area contributed by atoms with E-state index in [0.717, 1.165) is 18.4 Å². The van der Waals surface area contributed by atoms with E-state index < -0.39 is 10.0 Å². The molecule has 110 valence electrons. The topological polar surface area (TPSA) is 63.7 Å². The Morgan fingerprint density at radius 2 is 2.15 bits per heavy atom. The monoisotopic (exact) mass is 297 g/mol. The maximum Gasteiger partial charge on any atom is 0.237 e. The van der Waals surface area contributed by atoms with E-state index in [2.05, 4.69) is 0 Å². The Kier molecular flexibility index (Phi) is 4.45. The summed E-state index contributed by atoms with van der Waals surface area (Å²) in [6.45, 7) is 2.18. The number of hydrogen-bond acceptors (Lipinski definition) is 4. The third-order valence-corrected chi connectivity index (χ3v) is 5.18. The molecular weight excluding hydrogens is 278 g/mol. The number of fused-ring (bicyclic) bond motifs is 1. The van der Waals surface area contributed by atoms with Gasteiger partial charge in [0, 0.05) is 19.2 Å². The van der Waals surface area contributed by atoms with E-state index in [1.54, 1.807) is 18.2 Å². The third kappa shape index (κ3) is 3.02. The van der Waals surface area contributed by atoms with Gasteiger partial charge in [-0.2, -0.15) is 0 Å². The Labute approximate surface area is 119 Å². The number of sulfonamides is 1. The van der Waals surface area contributed by atoms with Gasteiger partial charge in [-0.1, -0.05) is 0 Å². The van der Waals surface area contributed by atoms with Gasteiger partial charge in [-0.15, -0.1) is 0 Å². The average Bonchev–Trinajstić information content (AvgIpc) is 2.43. The predicted molar refractivity (Wildman–Crippen MR) is 77.8 cm³/mol. The molecule has 0 N–H and O–H groups in total. The molecule has 1 aromatic rings. The van der Waals surface area contributed by atoms with Crippen LogP contribution in [0.5, 0.6) is 0 Å². The van der Waals surface area contributed by atoms with E-state index in [4.69, 9.17) is 4.74 Å². The Balaban J connectivity index is 2.36. The van der Waals surface area contributed by atoms with E-state index in [1.807, 2.05) is 0 Å². The summed E-state index contributed by atoms with van der Waals surface area (Å²) in [4.78, 5) is 11.4. The maximum absolute atomic E-state index is 12.3. The van der Waals surface area contributed by atoms with Gasteiger partial charge in [-0.3, -0.25) is 9.10 Å². The molecule has 1 heterocycles. The lowest BCUT2D eigenvalue weighted by Crippen LogP contribution is -2.38. The average molecular weight is 297 g/mol. The number of carbonyl (C=O) groups is 1. The number of nitrogens with zero attached hydrogens (tertiary/aromatic N) is 1. The number of methoxy groups -OCH3 is 1. The quantitative estimate of drug-likeness (QED) is 0.775. The predicted octanol–water partition coefficient (Wildman–Crippen LogP) is 1.62. The number of anilines is 1. The molecule has 0 saturated heterocycles. The first-order valence-corrected chi connectivity index (χ1v) is 8.20. The van der Waals surface area contributed by atoms with E-state index in [-0.39, 0.29) is 18.1 Å². The smallest absolute Gasteiger partial charge is 0.237 e. The number of Topliss-reactive ketones (excluding diaryl/α,β-unsaturated/α-hetero) is 1. The third-order valence-electron chi connectivity index (χ3n) is 3.44. The first-order valence-electron chi connectivity index (χ1n) is 6.59. The Morgan fingerprint density at radius 3 is 2.80 bits per heavy atom. The van der Waals surface area contributed by atoms with Gasteiger partial charge in [0.05, 0.1) is 18.0 Å². The molecule has 0 amide bonds. The molecule has 0 aromatic heterocycles. The fraction of sp³-hybridized carbons (Fsp3) is 0.500. The van der Waals surface area contributed by atoms with Crippen molar-refractivity contribution in [2.45, 2.75) is 19.8 Å². The van der Waals surface area contributed by atoms with E-state index in [9.17, 15) is 13.2 Å². The van der Waals surface area contributed by atoms with Crippen LogP contribution >= 0.6 is 0 Å². The summed E-state index contributed by atoms with van der Waals surface area (Å²) in [7, 11) is -1.88. The summed E-state index contributed by atoms with van der Waals surface area (Å²) in [6, 6.07) is 5.22. The SMILES string of the molecule is COCCS(=O)(=O)N1CCCc2cc(C(C)=O)ccc21. The summed E-state index contributed by atoms with van der Waals surface area (Å²) in [5.74, 6) is -0.0376. The van der Waals surface area contributed by atoms with Crippen LogP contribution in [-0.2, 0) is 21.2 Å². The molecule has 5 nitrogen and oxygen atoms in total. The highest BCUT2D eigenvalue weighted by molar-refractivity contribution is 7.92. The van der Waals surface area contributed by atoms with Crippen LogP contribution in [0.15, 0.2) is 18.2 Å². The molecule has 0 atom stereocenters. The second-order valence-electron chi connectivity index (χ2n) is 4.88. The minimum atomic E-state index is -3.37. The normalized spacial score (nSPS) is 15.0. The molecule has 0 bridgehead atoms. The van der Waals surface area contributed by atoms with Gasteiger partial charge in [0.25, 0.3) is 0 Å². The highest BCUT2D eigenvalue weighted by atomic mass is 32.2. The summed E-state index contributed by atoms with van der Waals surface area (Å²) in [5, 5.41) is 0. The molecule has 1 aromatic carbocycles. The lowest BCUT2D eigenvalue weighted by atomic mass is 9.99. The van der Waals surface area contributed by atoms with Crippen molar-refractivity contribution in [3.8, 4) is 0 Å². The molecule has 1 aliphatic rings. The van der Waals surface area contributed by atoms with Gasteiger partial charge in [-0.25, -0.2) is 8.42 Å². The van der Waals surface area contributed by atoms with Crippen molar-refractivity contribution >= 4 is 21.5 Å². The number of hydrogen-bond donors (Lipinski definition) is 0. The first kappa shape index (κ1) is 15.0. The number of benzene rings is 1. The van der Waals surface area contributed by atoms with Gasteiger partial charge in [0.15, 0.2) is 5.78 Å². The van der Waals surface area contributed by atoms with Crippen LogP contribution in [0.3, 0.4) is 0 Å². The molecule has 1 aliphatic heterocycles. The fourth-order valence-electron chi connectivity index (χ4n) is 2.37. The summed E-state index contributed by atoms with van der Waals surface area (Å²) < 4.78 is 30.9. The maximum atomic E-state index is 12.3. The lowest BCUT2D eigenvalue weighted by molar-refractivity contribution is 0.101. The summed E-state index contributed by atoms with van der Waals surface area (Å²) in [6.07, 6.45) is 1.56. The Hall–Kier alpha value is -1.40. The number of ketones is 1. The molecule has 0 saturated carbocycles. The van der Waals surface area contributed by atoms with Gasteiger partial charge in [-0.05, 0) is 43.5 Å². The molecule has 0 spiro atoms. The van der Waals surface area contributed by atoms with E-state index >= 15 is 0 Å². The van der Waals surface area contributed by atoms with Gasteiger partial charge >= 0.3 is 0 Å². The number of rotatable bonds is 5. The van der Waals surface area contributed by atoms with E-state index in [0.29, 0.717) is 17.8 Å². The Bertz CT molecular complexity index is 610. The number of aryl methyl sites for hydroxylation is 1. The molecule has 0 unspecified atom stereocenters. The van der Waals surface area contributed by atoms with Crippen molar-refractivity contribution < 1.29 is 17.9 Å². The van der Waals surface area contributed by atoms with Crippen molar-refractivity contribution in [2.24, 2.45) is 0 Å². The molecule has 20 heavy (non-hydrogen) atoms. The van der Waals surface area contributed by atoms with Gasteiger partial charge in [0.2, 0.25) is 10.0 Å². The zero-order valence-electron chi connectivity index (χ0n) is 11.8. The largest absolute Gasteiger partial charge is 0.384 e. The minimum Gasteiger partial charge on any atom is -0.384 e. The molecule has 0 aliphatic carbocycles. The van der Waals surface area contributed by atoms with Crippen molar-refractivity contribution in [3.05, 3.63) is 29.3 Å². The second-order valence-corrected chi connectivity index (χ2v) is 6.90. The lowest BCUT2D eigenvalue weighted by Gasteiger charge is -2.30. The minimum absolute atomic E-state index is 0.00726. The van der Waals surface area contributed by atoms with Crippen LogP contribution in [0, 0.1) is 0 Å². The molecular formula is C14H19NO4S. The van der Waals surface area contributed by atoms with Crippen LogP contribution < -0.4 is 4.31 Å². The number of ether oxygens (including phenoxy) is 1. The van der Waals surface area contributed by atoms with Crippen molar-refractivity contribution in [1.29, 1.82) is 0 Å². The summed E-state index contributed by atoms with van der Waals surface area (Å²) in [5.41, 5.74) is 2.24. The van der Waals surface area contributed by atoms with E-state index in [1.165, 1.54) is 18.3 Å². The molecule has 2 rings (SSSR count). The number of carbonyl (C=O) groups excluding carboxylic acids is 1. The van der Waals surface area contributed by atoms with Crippen LogP contribution in [0.4, 0.5) is 5.69 Å². The second kappa shape index (κ2) is 5.93. The zero-order valence-corrected chi connectivity index (χ0v) is 12.6. The summed E-state index contributed by atoms with van der Waals surface area (Å²) >= 11 is 0. The van der Waals surface area contributed by atoms with Crippen molar-refractivity contribution in [3.63, 3.8) is 0 Å². The standard InChI is InChI=1S/C14H19NO4S/c1-11(16)12-5-6-14-13(10-12)4-3-7-15(14)20(17,18)9-8-19-2/h5-6,10H,3-4,7-9H2,1-2H3. The first-order chi connectivity index (χ1) is 9.45. The zero-order chi connectivity index (χ0) is 14.8. The van der Waals surface area contributed by atoms with Crippen molar-refractivity contribution in [2.75, 3.05) is 30.3 Å². The van der Waals surface area contributed by atoms with Crippen LogP contribution in [-0.4, -0.2) is 40.2 Å². The molecule has 0 radical (unpaired) electrons. The highest BCUT2D eigenvalue weighted by Gasteiger charge is 2.27. The Morgan fingerprint density at radius 1 is 1.40 bits per heavy atom. The van der Waals surface area contributed by atoms with Gasteiger partial charge in [0.1, 0.15) is 0 Å². The van der Waals surface area contributed by atoms with Gasteiger partial charge < -0.3 is 4.74 Å².